The zero-order valence-electron chi connectivity index (χ0n) is 9.76. The standard InChI is InChI=1S/C13H16ClFO/c1-13(2,3)11(8-12(14)16)9-4-6-10(15)7-5-9/h4-7,11H,8H2,1-3H3. The van der Waals surface area contributed by atoms with Crippen LogP contribution in [0.3, 0.4) is 0 Å². The number of benzene rings is 1. The van der Waals surface area contributed by atoms with Gasteiger partial charge in [0, 0.05) is 6.42 Å². The molecular formula is C13H16ClFO. The van der Waals surface area contributed by atoms with E-state index in [1.807, 2.05) is 20.8 Å². The molecule has 0 N–H and O–H groups in total. The maximum Gasteiger partial charge on any atom is 0.222 e. The van der Waals surface area contributed by atoms with E-state index in [1.165, 1.54) is 12.1 Å². The fourth-order valence-electron chi connectivity index (χ4n) is 1.78. The lowest BCUT2D eigenvalue weighted by molar-refractivity contribution is -0.112. The number of rotatable bonds is 3. The first-order valence-electron chi connectivity index (χ1n) is 5.24. The minimum absolute atomic E-state index is 0.0121. The van der Waals surface area contributed by atoms with Crippen molar-refractivity contribution in [3.8, 4) is 0 Å². The molecule has 1 aromatic carbocycles. The summed E-state index contributed by atoms with van der Waals surface area (Å²) in [5.41, 5.74) is 0.866. The van der Waals surface area contributed by atoms with Crippen molar-refractivity contribution in [3.05, 3.63) is 35.6 Å². The van der Waals surface area contributed by atoms with Crippen LogP contribution in [0.4, 0.5) is 4.39 Å². The molecule has 0 saturated carbocycles. The van der Waals surface area contributed by atoms with Crippen LogP contribution in [-0.4, -0.2) is 5.24 Å². The second kappa shape index (κ2) is 4.96. The van der Waals surface area contributed by atoms with E-state index in [0.29, 0.717) is 0 Å². The smallest absolute Gasteiger partial charge is 0.222 e. The summed E-state index contributed by atoms with van der Waals surface area (Å²) in [5, 5.41) is -0.357. The molecule has 1 atom stereocenters. The summed E-state index contributed by atoms with van der Waals surface area (Å²) in [7, 11) is 0. The van der Waals surface area contributed by atoms with Crippen molar-refractivity contribution < 1.29 is 9.18 Å². The summed E-state index contributed by atoms with van der Waals surface area (Å²) >= 11 is 5.45. The maximum absolute atomic E-state index is 12.8. The monoisotopic (exact) mass is 242 g/mol. The Morgan fingerprint density at radius 2 is 1.81 bits per heavy atom. The summed E-state index contributed by atoms with van der Waals surface area (Å²) in [6.45, 7) is 6.13. The van der Waals surface area contributed by atoms with Crippen LogP contribution in [0.2, 0.25) is 0 Å². The molecular weight excluding hydrogens is 227 g/mol. The van der Waals surface area contributed by atoms with E-state index in [2.05, 4.69) is 0 Å². The van der Waals surface area contributed by atoms with Crippen molar-refractivity contribution in [1.29, 1.82) is 0 Å². The Morgan fingerprint density at radius 3 is 2.19 bits per heavy atom. The minimum Gasteiger partial charge on any atom is -0.281 e. The van der Waals surface area contributed by atoms with E-state index in [4.69, 9.17) is 11.6 Å². The van der Waals surface area contributed by atoms with Gasteiger partial charge in [0.1, 0.15) is 5.82 Å². The van der Waals surface area contributed by atoms with Gasteiger partial charge >= 0.3 is 0 Å². The first-order valence-corrected chi connectivity index (χ1v) is 5.62. The third kappa shape index (κ3) is 3.60. The number of hydrogen-bond acceptors (Lipinski definition) is 1. The lowest BCUT2D eigenvalue weighted by Gasteiger charge is -2.30. The molecule has 0 fully saturated rings. The summed E-state index contributed by atoms with van der Waals surface area (Å²) in [4.78, 5) is 11.0. The highest BCUT2D eigenvalue weighted by molar-refractivity contribution is 6.63. The van der Waals surface area contributed by atoms with Crippen molar-refractivity contribution in [1.82, 2.24) is 0 Å². The lowest BCUT2D eigenvalue weighted by Crippen LogP contribution is -2.20. The molecule has 0 heterocycles. The van der Waals surface area contributed by atoms with Crippen LogP contribution in [0.25, 0.3) is 0 Å². The van der Waals surface area contributed by atoms with Crippen molar-refractivity contribution in [2.45, 2.75) is 33.1 Å². The van der Waals surface area contributed by atoms with Crippen molar-refractivity contribution in [2.75, 3.05) is 0 Å². The van der Waals surface area contributed by atoms with Crippen LogP contribution >= 0.6 is 11.6 Å². The topological polar surface area (TPSA) is 17.1 Å². The largest absolute Gasteiger partial charge is 0.281 e. The van der Waals surface area contributed by atoms with E-state index < -0.39 is 0 Å². The predicted octanol–water partition coefficient (Wildman–Crippen LogP) is 4.11. The second-order valence-electron chi connectivity index (χ2n) is 5.03. The Labute approximate surface area is 101 Å². The highest BCUT2D eigenvalue weighted by Gasteiger charge is 2.27. The van der Waals surface area contributed by atoms with Gasteiger partial charge in [0.05, 0.1) is 0 Å². The van der Waals surface area contributed by atoms with Gasteiger partial charge in [-0.2, -0.15) is 0 Å². The van der Waals surface area contributed by atoms with Gasteiger partial charge in [-0.3, -0.25) is 4.79 Å². The van der Waals surface area contributed by atoms with Gasteiger partial charge in [-0.15, -0.1) is 0 Å². The predicted molar refractivity (Wildman–Crippen MR) is 64.1 cm³/mol. The maximum atomic E-state index is 12.8. The molecule has 0 aromatic heterocycles. The molecule has 0 spiro atoms. The van der Waals surface area contributed by atoms with E-state index >= 15 is 0 Å². The van der Waals surface area contributed by atoms with Gasteiger partial charge < -0.3 is 0 Å². The van der Waals surface area contributed by atoms with E-state index in [-0.39, 0.29) is 28.8 Å². The first kappa shape index (κ1) is 13.2. The lowest BCUT2D eigenvalue weighted by atomic mass is 9.75. The minimum atomic E-state index is -0.357. The van der Waals surface area contributed by atoms with Crippen LogP contribution < -0.4 is 0 Å². The fraction of sp³-hybridized carbons (Fsp3) is 0.462. The Kier molecular flexibility index (Phi) is 4.09. The van der Waals surface area contributed by atoms with Crippen molar-refractivity contribution >= 4 is 16.8 Å². The van der Waals surface area contributed by atoms with Gasteiger partial charge in [-0.1, -0.05) is 32.9 Å². The SMILES string of the molecule is CC(C)(C)C(CC(=O)Cl)c1ccc(F)cc1. The Morgan fingerprint density at radius 1 is 1.31 bits per heavy atom. The van der Waals surface area contributed by atoms with Crippen LogP contribution in [0.1, 0.15) is 38.7 Å². The van der Waals surface area contributed by atoms with Crippen LogP contribution in [-0.2, 0) is 4.79 Å². The molecule has 88 valence electrons. The van der Waals surface area contributed by atoms with Gasteiger partial charge in [-0.05, 0) is 40.6 Å². The van der Waals surface area contributed by atoms with E-state index in [9.17, 15) is 9.18 Å². The molecule has 0 amide bonds. The zero-order chi connectivity index (χ0) is 12.3. The molecule has 16 heavy (non-hydrogen) atoms. The van der Waals surface area contributed by atoms with Gasteiger partial charge in [-0.25, -0.2) is 4.39 Å². The van der Waals surface area contributed by atoms with E-state index in [0.717, 1.165) is 5.56 Å². The Balaban J connectivity index is 3.01. The highest BCUT2D eigenvalue weighted by atomic mass is 35.5. The number of halogens is 2. The molecule has 0 radical (unpaired) electrons. The Bertz CT molecular complexity index is 365. The zero-order valence-corrected chi connectivity index (χ0v) is 10.5. The molecule has 0 bridgehead atoms. The van der Waals surface area contributed by atoms with Crippen LogP contribution in [0.5, 0.6) is 0 Å². The first-order chi connectivity index (χ1) is 7.30. The number of carbonyl (C=O) groups excluding carboxylic acids is 1. The molecule has 3 heteroatoms. The average Bonchev–Trinajstić information content (AvgIpc) is 2.14. The van der Waals surface area contributed by atoms with Gasteiger partial charge in [0.2, 0.25) is 5.24 Å². The third-order valence-corrected chi connectivity index (χ3v) is 2.84. The molecule has 0 aliphatic carbocycles. The number of carbonyl (C=O) groups is 1. The molecule has 1 nitrogen and oxygen atoms in total. The summed E-state index contributed by atoms with van der Waals surface area (Å²) < 4.78 is 12.8. The highest BCUT2D eigenvalue weighted by Crippen LogP contribution is 2.38. The van der Waals surface area contributed by atoms with Crippen molar-refractivity contribution in [3.63, 3.8) is 0 Å². The molecule has 0 saturated heterocycles. The average molecular weight is 243 g/mol. The summed E-state index contributed by atoms with van der Waals surface area (Å²) in [6, 6.07) is 6.25. The van der Waals surface area contributed by atoms with Crippen LogP contribution in [0.15, 0.2) is 24.3 Å². The molecule has 1 unspecified atom stereocenters. The second-order valence-corrected chi connectivity index (χ2v) is 5.45. The molecule has 1 aromatic rings. The van der Waals surface area contributed by atoms with E-state index in [1.54, 1.807) is 12.1 Å². The fourth-order valence-corrected chi connectivity index (χ4v) is 1.93. The van der Waals surface area contributed by atoms with Gasteiger partial charge in [0.15, 0.2) is 0 Å². The molecule has 0 aliphatic rings. The Hall–Kier alpha value is -0.890. The number of hydrogen-bond donors (Lipinski definition) is 0. The quantitative estimate of drug-likeness (QED) is 0.729. The normalized spacial score (nSPS) is 13.6. The summed E-state index contributed by atoms with van der Waals surface area (Å²) in [5.74, 6) is -0.258. The van der Waals surface area contributed by atoms with Crippen LogP contribution in [0, 0.1) is 11.2 Å². The molecule has 1 rings (SSSR count). The third-order valence-electron chi connectivity index (χ3n) is 2.68. The molecule has 0 aliphatic heterocycles. The van der Waals surface area contributed by atoms with Gasteiger partial charge in [0.25, 0.3) is 0 Å². The summed E-state index contributed by atoms with van der Waals surface area (Å²) in [6.07, 6.45) is 0.274. The van der Waals surface area contributed by atoms with Crippen molar-refractivity contribution in [2.24, 2.45) is 5.41 Å².